The summed E-state index contributed by atoms with van der Waals surface area (Å²) in [4.78, 5) is 12.2. The van der Waals surface area contributed by atoms with E-state index in [2.05, 4.69) is 98.9 Å². The lowest BCUT2D eigenvalue weighted by atomic mass is 10.1. The van der Waals surface area contributed by atoms with Crippen molar-refractivity contribution >= 4 is 5.97 Å². The van der Waals surface area contributed by atoms with Gasteiger partial charge in [0, 0.05) is 13.0 Å². The monoisotopic (exact) mass is 765 g/mol. The van der Waals surface area contributed by atoms with Crippen molar-refractivity contribution in [3.63, 3.8) is 0 Å². The molecule has 1 unspecified atom stereocenters. The lowest BCUT2D eigenvalue weighted by Crippen LogP contribution is -2.27. The summed E-state index contributed by atoms with van der Waals surface area (Å²) in [6.07, 6.45) is 66.5. The van der Waals surface area contributed by atoms with Gasteiger partial charge in [0.1, 0.15) is 6.10 Å². The lowest BCUT2D eigenvalue weighted by molar-refractivity contribution is -0.154. The van der Waals surface area contributed by atoms with Crippen molar-refractivity contribution in [2.24, 2.45) is 0 Å². The topological polar surface area (TPSA) is 55.8 Å². The van der Waals surface area contributed by atoms with Gasteiger partial charge in [-0.1, -0.05) is 195 Å². The number of carbonyl (C=O) groups excluding carboxylic acids is 1. The van der Waals surface area contributed by atoms with Gasteiger partial charge in [-0.15, -0.1) is 0 Å². The third kappa shape index (κ3) is 45.9. The third-order valence-corrected chi connectivity index (χ3v) is 9.70. The minimum Gasteiger partial charge on any atom is -0.457 e. The molecule has 1 atom stereocenters. The van der Waals surface area contributed by atoms with Gasteiger partial charge in [-0.3, -0.25) is 4.79 Å². The van der Waals surface area contributed by atoms with E-state index in [1.165, 1.54) is 116 Å². The summed E-state index contributed by atoms with van der Waals surface area (Å²) in [7, 11) is 0. The molecule has 4 nitrogen and oxygen atoms in total. The number of esters is 1. The van der Waals surface area contributed by atoms with E-state index in [-0.39, 0.29) is 19.2 Å². The molecule has 0 aromatic carbocycles. The highest BCUT2D eigenvalue weighted by Gasteiger charge is 2.13. The van der Waals surface area contributed by atoms with E-state index in [9.17, 15) is 9.90 Å². The fraction of sp³-hybridized carbons (Fsp3) is 0.706. The van der Waals surface area contributed by atoms with E-state index in [1.807, 2.05) is 0 Å². The van der Waals surface area contributed by atoms with E-state index < -0.39 is 6.10 Å². The number of allylic oxidation sites excluding steroid dienone is 14. The Kier molecular flexibility index (Phi) is 45.6. The summed E-state index contributed by atoms with van der Waals surface area (Å²) in [6.45, 7) is 5.19. The summed E-state index contributed by atoms with van der Waals surface area (Å²) >= 11 is 0. The first-order chi connectivity index (χ1) is 27.2. The minimum atomic E-state index is -0.551. The van der Waals surface area contributed by atoms with Crippen LogP contribution in [0.2, 0.25) is 0 Å². The number of ether oxygens (including phenoxy) is 2. The molecule has 0 radical (unpaired) electrons. The Balaban J connectivity index is 3.49. The molecule has 0 aliphatic rings. The Morgan fingerprint density at radius 1 is 0.455 bits per heavy atom. The van der Waals surface area contributed by atoms with Gasteiger partial charge < -0.3 is 14.6 Å². The van der Waals surface area contributed by atoms with Gasteiger partial charge in [-0.05, 0) is 89.9 Å². The maximum Gasteiger partial charge on any atom is 0.306 e. The molecule has 0 bridgehead atoms. The largest absolute Gasteiger partial charge is 0.457 e. The second-order valence-electron chi connectivity index (χ2n) is 15.1. The molecule has 1 N–H and O–H groups in total. The molecule has 0 aliphatic carbocycles. The van der Waals surface area contributed by atoms with Gasteiger partial charge in [-0.25, -0.2) is 0 Å². The first-order valence-corrected chi connectivity index (χ1v) is 23.2. The summed E-state index contributed by atoms with van der Waals surface area (Å²) in [5.41, 5.74) is 0. The van der Waals surface area contributed by atoms with Crippen LogP contribution < -0.4 is 0 Å². The quantitative estimate of drug-likeness (QED) is 0.0382. The zero-order chi connectivity index (χ0) is 39.8. The minimum absolute atomic E-state index is 0.184. The Morgan fingerprint density at radius 2 is 0.818 bits per heavy atom. The predicted octanol–water partition coefficient (Wildman–Crippen LogP) is 15.5. The average molecular weight is 765 g/mol. The molecular formula is C51H88O4. The van der Waals surface area contributed by atoms with Gasteiger partial charge in [0.15, 0.2) is 0 Å². The average Bonchev–Trinajstić information content (AvgIpc) is 3.19. The molecule has 0 saturated carbocycles. The molecule has 0 heterocycles. The molecule has 55 heavy (non-hydrogen) atoms. The Bertz CT molecular complexity index is 985. The van der Waals surface area contributed by atoms with E-state index in [4.69, 9.17) is 9.47 Å². The maximum atomic E-state index is 12.2. The van der Waals surface area contributed by atoms with Crippen molar-refractivity contribution in [1.82, 2.24) is 0 Å². The third-order valence-electron chi connectivity index (χ3n) is 9.70. The molecule has 0 saturated heterocycles. The summed E-state index contributed by atoms with van der Waals surface area (Å²) < 4.78 is 11.2. The Hall–Kier alpha value is -2.43. The van der Waals surface area contributed by atoms with Gasteiger partial charge in [-0.2, -0.15) is 0 Å². The number of carbonyl (C=O) groups is 1. The molecule has 0 fully saturated rings. The molecule has 0 amide bonds. The van der Waals surface area contributed by atoms with Crippen LogP contribution in [0.1, 0.15) is 206 Å². The molecule has 4 heteroatoms. The van der Waals surface area contributed by atoms with Crippen molar-refractivity contribution in [2.45, 2.75) is 213 Å². The van der Waals surface area contributed by atoms with Crippen LogP contribution in [-0.4, -0.2) is 37.0 Å². The first-order valence-electron chi connectivity index (χ1n) is 23.2. The van der Waals surface area contributed by atoms with Crippen LogP contribution in [0.25, 0.3) is 0 Å². The van der Waals surface area contributed by atoms with E-state index in [0.717, 1.165) is 70.6 Å². The number of unbranched alkanes of at least 4 members (excludes halogenated alkanes) is 20. The summed E-state index contributed by atoms with van der Waals surface area (Å²) in [6, 6.07) is 0. The van der Waals surface area contributed by atoms with Gasteiger partial charge in [0.2, 0.25) is 0 Å². The van der Waals surface area contributed by atoms with Crippen LogP contribution in [0.15, 0.2) is 85.1 Å². The van der Waals surface area contributed by atoms with Crippen LogP contribution in [-0.2, 0) is 14.3 Å². The fourth-order valence-corrected chi connectivity index (χ4v) is 6.27. The maximum absolute atomic E-state index is 12.2. The Labute approximate surface area is 341 Å². The highest BCUT2D eigenvalue weighted by molar-refractivity contribution is 5.69. The fourth-order valence-electron chi connectivity index (χ4n) is 6.27. The molecule has 316 valence electrons. The van der Waals surface area contributed by atoms with Crippen LogP contribution in [0.4, 0.5) is 0 Å². The van der Waals surface area contributed by atoms with Crippen molar-refractivity contribution in [2.75, 3.05) is 19.8 Å². The van der Waals surface area contributed by atoms with Crippen molar-refractivity contribution in [1.29, 1.82) is 0 Å². The van der Waals surface area contributed by atoms with E-state index >= 15 is 0 Å². The van der Waals surface area contributed by atoms with E-state index in [1.54, 1.807) is 0 Å². The lowest BCUT2D eigenvalue weighted by Gasteiger charge is -2.15. The van der Waals surface area contributed by atoms with Crippen molar-refractivity contribution in [3.05, 3.63) is 85.1 Å². The zero-order valence-corrected chi connectivity index (χ0v) is 36.2. The molecular weight excluding hydrogens is 677 g/mol. The SMILES string of the molecule is CC/C=C\C/C=C\C/C=C\C/C=C\CCCCCCCCC(=O)OC(CO)COCCCCCCCCCCC/C=C\C/C=C\C/C=C\CCCCCCC. The van der Waals surface area contributed by atoms with Crippen LogP contribution in [0.5, 0.6) is 0 Å². The number of aliphatic hydroxyl groups excluding tert-OH is 1. The highest BCUT2D eigenvalue weighted by atomic mass is 16.6. The summed E-state index contributed by atoms with van der Waals surface area (Å²) in [5, 5.41) is 9.62. The van der Waals surface area contributed by atoms with Gasteiger partial charge >= 0.3 is 5.97 Å². The molecule has 0 aliphatic heterocycles. The standard InChI is InChI=1S/C51H88O4/c1-3-5-7-9-11-13-15-17-19-21-23-24-25-26-27-29-31-33-35-37-39-41-43-45-47-54-49-50(48-52)55-51(53)46-44-42-40-38-36-34-32-30-28-22-20-18-16-14-12-10-8-6-4-2/h6,8,12,14-15,17-18,20-21,23,25-26,28,30,50,52H,3-5,7,9-11,13,16,19,22,24,27,29,31-49H2,1-2H3/b8-6-,14-12-,17-15-,20-18-,23-21-,26-25-,30-28-. The highest BCUT2D eigenvalue weighted by Crippen LogP contribution is 2.13. The van der Waals surface area contributed by atoms with Crippen LogP contribution in [0.3, 0.4) is 0 Å². The molecule has 0 aromatic rings. The van der Waals surface area contributed by atoms with Gasteiger partial charge in [0.05, 0.1) is 13.2 Å². The second-order valence-corrected chi connectivity index (χ2v) is 15.1. The van der Waals surface area contributed by atoms with Crippen molar-refractivity contribution in [3.8, 4) is 0 Å². The van der Waals surface area contributed by atoms with E-state index in [0.29, 0.717) is 13.0 Å². The Morgan fingerprint density at radius 3 is 1.24 bits per heavy atom. The number of hydrogen-bond acceptors (Lipinski definition) is 4. The molecule has 0 rings (SSSR count). The predicted molar refractivity (Wildman–Crippen MR) is 242 cm³/mol. The van der Waals surface area contributed by atoms with Crippen molar-refractivity contribution < 1.29 is 19.4 Å². The van der Waals surface area contributed by atoms with Crippen LogP contribution in [0, 0.1) is 0 Å². The number of hydrogen-bond donors (Lipinski definition) is 1. The first kappa shape index (κ1) is 52.6. The second kappa shape index (κ2) is 47.7. The zero-order valence-electron chi connectivity index (χ0n) is 36.2. The smallest absolute Gasteiger partial charge is 0.306 e. The molecule has 0 aromatic heterocycles. The van der Waals surface area contributed by atoms with Gasteiger partial charge in [0.25, 0.3) is 0 Å². The summed E-state index contributed by atoms with van der Waals surface area (Å²) in [5.74, 6) is -0.219. The number of aliphatic hydroxyl groups is 1. The normalized spacial score (nSPS) is 13.1. The van der Waals surface area contributed by atoms with Crippen LogP contribution >= 0.6 is 0 Å². The molecule has 0 spiro atoms. The number of rotatable bonds is 42.